The van der Waals surface area contributed by atoms with Gasteiger partial charge >= 0.3 is 0 Å². The van der Waals surface area contributed by atoms with Crippen molar-refractivity contribution < 1.29 is 13.2 Å². The van der Waals surface area contributed by atoms with Crippen LogP contribution in [0.15, 0.2) is 58.4 Å². The fourth-order valence-corrected chi connectivity index (χ4v) is 5.82. The zero-order valence-electron chi connectivity index (χ0n) is 20.2. The summed E-state index contributed by atoms with van der Waals surface area (Å²) in [6, 6.07) is 14.6. The molecule has 2 aromatic rings. The lowest BCUT2D eigenvalue weighted by atomic mass is 9.98. The molecule has 1 saturated heterocycles. The average Bonchev–Trinajstić information content (AvgIpc) is 2.96. The molecule has 1 amide bonds. The van der Waals surface area contributed by atoms with Crippen LogP contribution in [-0.4, -0.2) is 62.2 Å². The molecule has 0 unspecified atom stereocenters. The Hall–Kier alpha value is -2.71. The van der Waals surface area contributed by atoms with Crippen LogP contribution in [0.4, 0.5) is 0 Å². The number of amides is 1. The molecule has 0 saturated carbocycles. The van der Waals surface area contributed by atoms with E-state index in [9.17, 15) is 13.2 Å². The zero-order valence-corrected chi connectivity index (χ0v) is 21.0. The molecule has 2 aliphatic heterocycles. The van der Waals surface area contributed by atoms with E-state index < -0.39 is 16.1 Å². The maximum absolute atomic E-state index is 13.7. The lowest BCUT2D eigenvalue weighted by molar-refractivity contribution is -0.133. The molecule has 34 heavy (non-hydrogen) atoms. The molecule has 8 heteroatoms. The molecular weight excluding hydrogens is 448 g/mol. The fraction of sp³-hybridized carbons (Fsp3) is 0.462. The summed E-state index contributed by atoms with van der Waals surface area (Å²) < 4.78 is 27.6. The van der Waals surface area contributed by atoms with Gasteiger partial charge in [0.2, 0.25) is 5.91 Å². The molecule has 182 valence electrons. The second kappa shape index (κ2) is 10.3. The summed E-state index contributed by atoms with van der Waals surface area (Å²) in [6.07, 6.45) is 1.67. The number of hydrogen-bond donors (Lipinski definition) is 1. The van der Waals surface area contributed by atoms with Crippen LogP contribution in [0.25, 0.3) is 0 Å². The van der Waals surface area contributed by atoms with Crippen molar-refractivity contribution in [1.29, 1.82) is 0 Å². The Kier molecular flexibility index (Phi) is 7.38. The summed E-state index contributed by atoms with van der Waals surface area (Å²) in [6.45, 7) is 10.1. The summed E-state index contributed by atoms with van der Waals surface area (Å²) >= 11 is 0. The van der Waals surface area contributed by atoms with E-state index in [1.165, 1.54) is 11.1 Å². The molecule has 2 atom stereocenters. The summed E-state index contributed by atoms with van der Waals surface area (Å²) in [7, 11) is -3.64. The Morgan fingerprint density at radius 2 is 1.79 bits per heavy atom. The van der Waals surface area contributed by atoms with Crippen LogP contribution in [0.3, 0.4) is 0 Å². The molecular formula is C26H34N4O3S. The van der Waals surface area contributed by atoms with Crippen molar-refractivity contribution in [2.75, 3.05) is 26.2 Å². The van der Waals surface area contributed by atoms with Crippen molar-refractivity contribution in [2.45, 2.75) is 51.1 Å². The molecule has 2 aromatic carbocycles. The first kappa shape index (κ1) is 24.4. The highest BCUT2D eigenvalue weighted by Crippen LogP contribution is 2.25. The smallest absolute Gasteiger partial charge is 0.263 e. The Balaban J connectivity index is 1.51. The fourth-order valence-electron chi connectivity index (χ4n) is 4.58. The molecule has 2 heterocycles. The van der Waals surface area contributed by atoms with Gasteiger partial charge in [0.1, 0.15) is 11.9 Å². The average molecular weight is 483 g/mol. The van der Waals surface area contributed by atoms with E-state index in [1.807, 2.05) is 18.7 Å². The van der Waals surface area contributed by atoms with Gasteiger partial charge in [-0.1, -0.05) is 56.7 Å². The first-order chi connectivity index (χ1) is 16.3. The van der Waals surface area contributed by atoms with Crippen molar-refractivity contribution in [3.05, 3.63) is 65.2 Å². The van der Waals surface area contributed by atoms with Gasteiger partial charge in [-0.15, -0.1) is 0 Å². The number of amidine groups is 1. The molecule has 0 radical (unpaired) electrons. The Morgan fingerprint density at radius 1 is 1.06 bits per heavy atom. The van der Waals surface area contributed by atoms with Gasteiger partial charge in [-0.05, 0) is 42.5 Å². The number of fused-ring (bicyclic) bond motifs is 1. The zero-order chi connectivity index (χ0) is 24.3. The minimum absolute atomic E-state index is 0.0106. The van der Waals surface area contributed by atoms with Crippen molar-refractivity contribution in [3.8, 4) is 0 Å². The van der Waals surface area contributed by atoms with E-state index in [4.69, 9.17) is 4.99 Å². The number of sulfonamides is 1. The van der Waals surface area contributed by atoms with Gasteiger partial charge in [-0.3, -0.25) is 19.4 Å². The number of benzene rings is 2. The van der Waals surface area contributed by atoms with Gasteiger partial charge in [-0.25, -0.2) is 8.42 Å². The van der Waals surface area contributed by atoms with Crippen LogP contribution in [0.5, 0.6) is 0 Å². The summed E-state index contributed by atoms with van der Waals surface area (Å²) in [5.74, 6) is 0.233. The number of carbonyl (C=O) groups excluding carboxylic acids is 1. The Labute approximate surface area is 202 Å². The number of rotatable bonds is 6. The van der Waals surface area contributed by atoms with Crippen LogP contribution in [0, 0.1) is 12.8 Å². The van der Waals surface area contributed by atoms with E-state index in [0.29, 0.717) is 18.7 Å². The maximum atomic E-state index is 13.7. The van der Waals surface area contributed by atoms with E-state index >= 15 is 0 Å². The second-order valence-electron chi connectivity index (χ2n) is 9.29. The SMILES string of the molecule is CC[C@H](C)[C@H](N=C1NS(=O)(=O)c2ccccc21)C(=O)N1CCCN(Cc2ccccc2C)CC1. The van der Waals surface area contributed by atoms with E-state index in [-0.39, 0.29) is 22.6 Å². The minimum Gasteiger partial charge on any atom is -0.340 e. The van der Waals surface area contributed by atoms with Gasteiger partial charge in [0.25, 0.3) is 10.0 Å². The molecule has 0 aliphatic carbocycles. The van der Waals surface area contributed by atoms with Crippen molar-refractivity contribution in [2.24, 2.45) is 10.9 Å². The van der Waals surface area contributed by atoms with Crippen molar-refractivity contribution in [1.82, 2.24) is 14.5 Å². The monoisotopic (exact) mass is 482 g/mol. The maximum Gasteiger partial charge on any atom is 0.263 e. The third kappa shape index (κ3) is 5.18. The molecule has 0 bridgehead atoms. The lowest BCUT2D eigenvalue weighted by Crippen LogP contribution is -2.44. The summed E-state index contributed by atoms with van der Waals surface area (Å²) in [5, 5.41) is 0. The van der Waals surface area contributed by atoms with Crippen LogP contribution in [-0.2, 0) is 21.4 Å². The number of nitrogens with one attached hydrogen (secondary N) is 1. The van der Waals surface area contributed by atoms with Crippen LogP contribution in [0.2, 0.25) is 0 Å². The first-order valence-corrected chi connectivity index (χ1v) is 13.5. The highest BCUT2D eigenvalue weighted by molar-refractivity contribution is 7.90. The standard InChI is InChI=1S/C26H34N4O3S/c1-4-19(2)24(27-25-22-12-7-8-13-23(22)34(32,33)28-25)26(31)30-15-9-14-29(16-17-30)18-21-11-6-5-10-20(21)3/h5-8,10-13,19,24H,4,9,14-18H2,1-3H3,(H,27,28)/t19-,24-/m0/s1. The Morgan fingerprint density at radius 3 is 2.56 bits per heavy atom. The topological polar surface area (TPSA) is 82.1 Å². The molecule has 0 spiro atoms. The summed E-state index contributed by atoms with van der Waals surface area (Å²) in [4.78, 5) is 22.9. The van der Waals surface area contributed by atoms with Crippen LogP contribution in [0.1, 0.15) is 43.4 Å². The molecule has 1 N–H and O–H groups in total. The molecule has 1 fully saturated rings. The van der Waals surface area contributed by atoms with Gasteiger partial charge in [0.15, 0.2) is 0 Å². The number of aryl methyl sites for hydroxylation is 1. The number of carbonyl (C=O) groups is 1. The lowest BCUT2D eigenvalue weighted by Gasteiger charge is -2.27. The van der Waals surface area contributed by atoms with E-state index in [2.05, 4.69) is 40.8 Å². The first-order valence-electron chi connectivity index (χ1n) is 12.1. The molecule has 0 aromatic heterocycles. The van der Waals surface area contributed by atoms with E-state index in [0.717, 1.165) is 32.5 Å². The third-order valence-corrected chi connectivity index (χ3v) is 8.32. The Bertz CT molecular complexity index is 1180. The van der Waals surface area contributed by atoms with Crippen molar-refractivity contribution in [3.63, 3.8) is 0 Å². The van der Waals surface area contributed by atoms with Gasteiger partial charge in [-0.2, -0.15) is 0 Å². The van der Waals surface area contributed by atoms with Crippen LogP contribution >= 0.6 is 0 Å². The summed E-state index contributed by atoms with van der Waals surface area (Å²) in [5.41, 5.74) is 3.13. The highest BCUT2D eigenvalue weighted by Gasteiger charge is 2.34. The molecule has 2 aliphatic rings. The molecule has 7 nitrogen and oxygen atoms in total. The third-order valence-electron chi connectivity index (χ3n) is 6.92. The molecule has 4 rings (SSSR count). The number of aliphatic imine (C=N–C) groups is 1. The highest BCUT2D eigenvalue weighted by atomic mass is 32.2. The van der Waals surface area contributed by atoms with E-state index in [1.54, 1.807) is 24.3 Å². The van der Waals surface area contributed by atoms with Gasteiger partial charge in [0.05, 0.1) is 4.90 Å². The quantitative estimate of drug-likeness (QED) is 0.686. The largest absolute Gasteiger partial charge is 0.340 e. The number of nitrogens with zero attached hydrogens (tertiary/aromatic N) is 3. The van der Waals surface area contributed by atoms with Gasteiger partial charge < -0.3 is 4.90 Å². The van der Waals surface area contributed by atoms with Crippen molar-refractivity contribution >= 4 is 21.8 Å². The minimum atomic E-state index is -3.64. The predicted octanol–water partition coefficient (Wildman–Crippen LogP) is 3.18. The van der Waals surface area contributed by atoms with Crippen LogP contribution < -0.4 is 4.72 Å². The van der Waals surface area contributed by atoms with Gasteiger partial charge in [0, 0.05) is 38.3 Å². The normalized spacial score (nSPS) is 20.9. The predicted molar refractivity (Wildman–Crippen MR) is 134 cm³/mol. The number of hydrogen-bond acceptors (Lipinski definition) is 5. The second-order valence-corrected chi connectivity index (χ2v) is 10.9.